The van der Waals surface area contributed by atoms with Gasteiger partial charge < -0.3 is 19.3 Å². The fraction of sp³-hybridized carbons (Fsp3) is 0.471. The zero-order valence-corrected chi connectivity index (χ0v) is 13.9. The van der Waals surface area contributed by atoms with Gasteiger partial charge in [-0.05, 0) is 30.9 Å². The Morgan fingerprint density at radius 1 is 1.17 bits per heavy atom. The number of methoxy groups -OCH3 is 1. The number of nitrogens with zero attached hydrogens (tertiary/aromatic N) is 1. The van der Waals surface area contributed by atoms with Crippen LogP contribution in [0.15, 0.2) is 12.1 Å². The minimum absolute atomic E-state index is 0.00677. The molecule has 0 saturated heterocycles. The fourth-order valence-corrected chi connectivity index (χ4v) is 3.22. The van der Waals surface area contributed by atoms with Crippen molar-refractivity contribution in [1.29, 1.82) is 0 Å². The summed E-state index contributed by atoms with van der Waals surface area (Å²) in [5, 5.41) is 10.4. The van der Waals surface area contributed by atoms with Gasteiger partial charge in [0.1, 0.15) is 6.61 Å². The lowest BCUT2D eigenvalue weighted by Crippen LogP contribution is -2.09. The van der Waals surface area contributed by atoms with Crippen molar-refractivity contribution in [1.82, 2.24) is 4.98 Å². The van der Waals surface area contributed by atoms with E-state index in [-0.39, 0.29) is 6.61 Å². The summed E-state index contributed by atoms with van der Waals surface area (Å²) in [6.07, 6.45) is 3.06. The lowest BCUT2D eigenvalue weighted by molar-refractivity contribution is 0.0699. The molecular formula is C17H20ClNO4. The van der Waals surface area contributed by atoms with Gasteiger partial charge in [0.25, 0.3) is 0 Å². The highest BCUT2D eigenvalue weighted by atomic mass is 35.5. The first-order valence-corrected chi connectivity index (χ1v) is 8.12. The number of aromatic nitrogens is 1. The number of pyridine rings is 1. The Kier molecular flexibility index (Phi) is 5.20. The summed E-state index contributed by atoms with van der Waals surface area (Å²) in [5.74, 6) is 1.25. The monoisotopic (exact) mass is 337 g/mol. The number of aliphatic hydroxyl groups excluding tert-OH is 1. The molecule has 1 N–H and O–H groups in total. The van der Waals surface area contributed by atoms with E-state index in [0.717, 1.165) is 46.4 Å². The van der Waals surface area contributed by atoms with E-state index < -0.39 is 0 Å². The molecule has 23 heavy (non-hydrogen) atoms. The van der Waals surface area contributed by atoms with Crippen LogP contribution in [0, 0.1) is 0 Å². The number of rotatable bonds is 7. The van der Waals surface area contributed by atoms with E-state index in [0.29, 0.717) is 31.3 Å². The van der Waals surface area contributed by atoms with Crippen molar-refractivity contribution in [3.05, 3.63) is 28.4 Å². The first-order valence-electron chi connectivity index (χ1n) is 7.75. The van der Waals surface area contributed by atoms with Crippen LogP contribution in [0.25, 0.3) is 10.9 Å². The lowest BCUT2D eigenvalue weighted by atomic mass is 10.1. The predicted octanol–water partition coefficient (Wildman–Crippen LogP) is 2.77. The molecule has 0 unspecified atom stereocenters. The molecule has 1 heterocycles. The Morgan fingerprint density at radius 3 is 2.83 bits per heavy atom. The maximum Gasteiger partial charge on any atom is 0.163 e. The standard InChI is InChI=1S/C17H20ClNO4/c1-21-15-9-12-14(10-16(15)23-8-7-22-6-5-20)19-13-4-2-3-11(13)17(12)18/h9-10,20H,2-8H2,1H3. The average Bonchev–Trinajstić information content (AvgIpc) is 3.03. The largest absolute Gasteiger partial charge is 0.493 e. The SMILES string of the molecule is COc1cc2c(Cl)c3c(nc2cc1OCCOCCO)CCC3. The van der Waals surface area contributed by atoms with Crippen molar-refractivity contribution >= 4 is 22.5 Å². The van der Waals surface area contributed by atoms with E-state index in [2.05, 4.69) is 0 Å². The first-order chi connectivity index (χ1) is 11.2. The highest BCUT2D eigenvalue weighted by Crippen LogP contribution is 2.39. The van der Waals surface area contributed by atoms with Gasteiger partial charge in [-0.25, -0.2) is 0 Å². The van der Waals surface area contributed by atoms with E-state index >= 15 is 0 Å². The van der Waals surface area contributed by atoms with Crippen molar-refractivity contribution in [2.45, 2.75) is 19.3 Å². The van der Waals surface area contributed by atoms with Crippen LogP contribution in [-0.2, 0) is 17.6 Å². The maximum atomic E-state index is 8.68. The normalized spacial score (nSPS) is 13.3. The van der Waals surface area contributed by atoms with Gasteiger partial charge in [-0.15, -0.1) is 0 Å². The molecule has 2 aromatic rings. The number of aryl methyl sites for hydroxylation is 1. The second-order valence-electron chi connectivity index (χ2n) is 5.41. The predicted molar refractivity (Wildman–Crippen MR) is 88.7 cm³/mol. The van der Waals surface area contributed by atoms with Crippen molar-refractivity contribution in [3.8, 4) is 11.5 Å². The zero-order chi connectivity index (χ0) is 16.2. The molecule has 1 aliphatic carbocycles. The highest BCUT2D eigenvalue weighted by molar-refractivity contribution is 6.36. The van der Waals surface area contributed by atoms with E-state index in [4.69, 9.17) is 35.9 Å². The van der Waals surface area contributed by atoms with Gasteiger partial charge in [-0.3, -0.25) is 4.98 Å². The molecule has 1 aliphatic rings. The molecule has 0 spiro atoms. The summed E-state index contributed by atoms with van der Waals surface area (Å²) in [6.45, 7) is 1.09. The molecule has 0 amide bonds. The summed E-state index contributed by atoms with van der Waals surface area (Å²) in [6, 6.07) is 3.75. The molecule has 5 nitrogen and oxygen atoms in total. The van der Waals surface area contributed by atoms with E-state index in [9.17, 15) is 0 Å². The van der Waals surface area contributed by atoms with Gasteiger partial charge in [0.05, 0.1) is 37.5 Å². The van der Waals surface area contributed by atoms with Crippen LogP contribution in [-0.4, -0.2) is 43.6 Å². The molecule has 1 aromatic carbocycles. The first kappa shape index (κ1) is 16.3. The van der Waals surface area contributed by atoms with Crippen LogP contribution < -0.4 is 9.47 Å². The quantitative estimate of drug-likeness (QED) is 0.787. The third-order valence-electron chi connectivity index (χ3n) is 3.95. The number of hydrogen-bond donors (Lipinski definition) is 1. The summed E-state index contributed by atoms with van der Waals surface area (Å²) in [5.41, 5.74) is 3.07. The Morgan fingerprint density at radius 2 is 2.04 bits per heavy atom. The highest BCUT2D eigenvalue weighted by Gasteiger charge is 2.20. The lowest BCUT2D eigenvalue weighted by Gasteiger charge is -2.14. The van der Waals surface area contributed by atoms with Gasteiger partial charge in [-0.1, -0.05) is 11.6 Å². The number of ether oxygens (including phenoxy) is 3. The second kappa shape index (κ2) is 7.34. The zero-order valence-electron chi connectivity index (χ0n) is 13.1. The molecular weight excluding hydrogens is 318 g/mol. The Hall–Kier alpha value is -1.56. The summed E-state index contributed by atoms with van der Waals surface area (Å²) < 4.78 is 16.3. The number of fused-ring (bicyclic) bond motifs is 2. The third kappa shape index (κ3) is 3.37. The van der Waals surface area contributed by atoms with Crippen molar-refractivity contribution in [2.75, 3.05) is 33.5 Å². The number of benzene rings is 1. The molecule has 1 aromatic heterocycles. The van der Waals surface area contributed by atoms with Crippen LogP contribution in [0.5, 0.6) is 11.5 Å². The average molecular weight is 338 g/mol. The number of halogens is 1. The summed E-state index contributed by atoms with van der Waals surface area (Å²) in [7, 11) is 1.60. The molecule has 0 aliphatic heterocycles. The van der Waals surface area contributed by atoms with E-state index in [1.54, 1.807) is 7.11 Å². The Balaban J connectivity index is 1.88. The van der Waals surface area contributed by atoms with Crippen LogP contribution in [0.1, 0.15) is 17.7 Å². The smallest absolute Gasteiger partial charge is 0.163 e. The molecule has 124 valence electrons. The van der Waals surface area contributed by atoms with Crippen molar-refractivity contribution < 1.29 is 19.3 Å². The molecule has 0 fully saturated rings. The van der Waals surface area contributed by atoms with Gasteiger partial charge >= 0.3 is 0 Å². The fourth-order valence-electron chi connectivity index (χ4n) is 2.86. The minimum Gasteiger partial charge on any atom is -0.493 e. The minimum atomic E-state index is 0.00677. The third-order valence-corrected chi connectivity index (χ3v) is 4.38. The van der Waals surface area contributed by atoms with Crippen molar-refractivity contribution in [2.24, 2.45) is 0 Å². The number of aliphatic hydroxyl groups is 1. The van der Waals surface area contributed by atoms with Gasteiger partial charge in [0.2, 0.25) is 0 Å². The van der Waals surface area contributed by atoms with Crippen LogP contribution in [0.4, 0.5) is 0 Å². The molecule has 0 saturated carbocycles. The van der Waals surface area contributed by atoms with E-state index in [1.165, 1.54) is 0 Å². The number of hydrogen-bond acceptors (Lipinski definition) is 5. The van der Waals surface area contributed by atoms with Crippen molar-refractivity contribution in [3.63, 3.8) is 0 Å². The van der Waals surface area contributed by atoms with E-state index in [1.807, 2.05) is 12.1 Å². The summed E-state index contributed by atoms with van der Waals surface area (Å²) >= 11 is 6.55. The van der Waals surface area contributed by atoms with Crippen LogP contribution in [0.2, 0.25) is 5.02 Å². The second-order valence-corrected chi connectivity index (χ2v) is 5.79. The molecule has 0 bridgehead atoms. The maximum absolute atomic E-state index is 8.68. The molecule has 0 atom stereocenters. The molecule has 0 radical (unpaired) electrons. The Bertz CT molecular complexity index is 705. The van der Waals surface area contributed by atoms with Crippen LogP contribution in [0.3, 0.4) is 0 Å². The van der Waals surface area contributed by atoms with Gasteiger partial charge in [0, 0.05) is 17.1 Å². The van der Waals surface area contributed by atoms with Crippen LogP contribution >= 0.6 is 11.6 Å². The van der Waals surface area contributed by atoms with Gasteiger partial charge in [0.15, 0.2) is 11.5 Å². The Labute approximate surface area is 140 Å². The topological polar surface area (TPSA) is 60.8 Å². The molecule has 6 heteroatoms. The van der Waals surface area contributed by atoms with Gasteiger partial charge in [-0.2, -0.15) is 0 Å². The molecule has 3 rings (SSSR count). The summed E-state index contributed by atoms with van der Waals surface area (Å²) in [4.78, 5) is 4.73.